The molecule has 1 aromatic heterocycles. The molecule has 0 radical (unpaired) electrons. The Morgan fingerprint density at radius 3 is 2.42 bits per heavy atom. The molecule has 0 bridgehead atoms. The molecule has 1 heterocycles. The van der Waals surface area contributed by atoms with E-state index in [9.17, 15) is 14.0 Å². The summed E-state index contributed by atoms with van der Waals surface area (Å²) in [4.78, 5) is 33.0. The van der Waals surface area contributed by atoms with E-state index in [0.29, 0.717) is 28.2 Å². The maximum Gasteiger partial charge on any atom is 0.338 e. The summed E-state index contributed by atoms with van der Waals surface area (Å²) >= 11 is 4.12. The molecule has 4 rings (SSSR count). The van der Waals surface area contributed by atoms with Crippen molar-refractivity contribution in [3.05, 3.63) is 78.4 Å². The number of hydrogen-bond acceptors (Lipinski definition) is 8. The largest absolute Gasteiger partial charge is 0.493 e. The quantitative estimate of drug-likeness (QED) is 0.313. The first-order valence-electron chi connectivity index (χ1n) is 10.7. The van der Waals surface area contributed by atoms with Gasteiger partial charge in [0.1, 0.15) is 18.0 Å². The SMILES string of the molecule is COc1cc2ncnc(Nc3ccc(N(S)C(=O)NC(=O)Cc4ccccc4)cc3F)c2cc1OC. The van der Waals surface area contributed by atoms with Crippen molar-refractivity contribution in [2.75, 3.05) is 23.8 Å². The number of rotatable bonds is 7. The van der Waals surface area contributed by atoms with Crippen molar-refractivity contribution in [1.29, 1.82) is 0 Å². The fourth-order valence-electron chi connectivity index (χ4n) is 3.46. The first-order chi connectivity index (χ1) is 17.4. The molecular formula is C25H22FN5O4S. The number of halogens is 1. The van der Waals surface area contributed by atoms with Crippen molar-refractivity contribution in [2.45, 2.75) is 6.42 Å². The van der Waals surface area contributed by atoms with Gasteiger partial charge in [-0.1, -0.05) is 43.1 Å². The van der Waals surface area contributed by atoms with E-state index in [1.165, 1.54) is 32.7 Å². The van der Waals surface area contributed by atoms with Crippen LogP contribution in [0.2, 0.25) is 0 Å². The summed E-state index contributed by atoms with van der Waals surface area (Å²) in [7, 11) is 3.03. The molecule has 0 fully saturated rings. The minimum atomic E-state index is -0.804. The summed E-state index contributed by atoms with van der Waals surface area (Å²) in [5.41, 5.74) is 1.56. The molecule has 11 heteroatoms. The topological polar surface area (TPSA) is 106 Å². The number of aromatic nitrogens is 2. The van der Waals surface area contributed by atoms with Crippen LogP contribution >= 0.6 is 12.8 Å². The molecular weight excluding hydrogens is 485 g/mol. The molecule has 3 amide bonds. The van der Waals surface area contributed by atoms with Crippen molar-refractivity contribution < 1.29 is 23.5 Å². The highest BCUT2D eigenvalue weighted by Gasteiger charge is 2.18. The van der Waals surface area contributed by atoms with Crippen LogP contribution in [-0.2, 0) is 11.2 Å². The normalized spacial score (nSPS) is 10.6. The van der Waals surface area contributed by atoms with Crippen molar-refractivity contribution in [3.8, 4) is 11.5 Å². The van der Waals surface area contributed by atoms with Crippen LogP contribution in [-0.4, -0.2) is 36.1 Å². The molecule has 0 aliphatic rings. The molecule has 3 aromatic carbocycles. The number of benzene rings is 3. The van der Waals surface area contributed by atoms with Gasteiger partial charge in [0.25, 0.3) is 0 Å². The molecule has 36 heavy (non-hydrogen) atoms. The number of carbonyl (C=O) groups excluding carboxylic acids is 2. The lowest BCUT2D eigenvalue weighted by Crippen LogP contribution is -2.39. The third-order valence-electron chi connectivity index (χ3n) is 5.24. The van der Waals surface area contributed by atoms with E-state index in [1.54, 1.807) is 36.4 Å². The second-order valence-corrected chi connectivity index (χ2v) is 7.96. The summed E-state index contributed by atoms with van der Waals surface area (Å²) < 4.78 is 26.5. The summed E-state index contributed by atoms with van der Waals surface area (Å²) in [5, 5.41) is 5.76. The molecule has 0 atom stereocenters. The zero-order valence-electron chi connectivity index (χ0n) is 19.4. The number of carbonyl (C=O) groups is 2. The lowest BCUT2D eigenvalue weighted by Gasteiger charge is -2.17. The smallest absolute Gasteiger partial charge is 0.338 e. The van der Waals surface area contributed by atoms with Gasteiger partial charge in [-0.15, -0.1) is 0 Å². The Hall–Kier alpha value is -4.38. The van der Waals surface area contributed by atoms with Crippen molar-refractivity contribution in [2.24, 2.45) is 0 Å². The van der Waals surface area contributed by atoms with Crippen LogP contribution in [0.3, 0.4) is 0 Å². The number of nitrogens with zero attached hydrogens (tertiary/aromatic N) is 3. The number of ether oxygens (including phenoxy) is 2. The number of hydrogen-bond donors (Lipinski definition) is 3. The van der Waals surface area contributed by atoms with Gasteiger partial charge in [0.15, 0.2) is 11.5 Å². The number of methoxy groups -OCH3 is 2. The predicted molar refractivity (Wildman–Crippen MR) is 137 cm³/mol. The monoisotopic (exact) mass is 507 g/mol. The van der Waals surface area contributed by atoms with E-state index in [0.717, 1.165) is 15.9 Å². The standard InChI is InChI=1S/C25H22FN5O4S/c1-34-21-12-17-20(13-22(21)35-2)27-14-28-24(17)29-19-9-8-16(11-18(19)26)31(36)25(33)30-23(32)10-15-6-4-3-5-7-15/h3-9,11-14,36H,10H2,1-2H3,(H,27,28,29)(H,30,32,33). The third kappa shape index (κ3) is 5.47. The van der Waals surface area contributed by atoms with E-state index < -0.39 is 17.8 Å². The van der Waals surface area contributed by atoms with Crippen LogP contribution in [0.4, 0.5) is 26.4 Å². The Bertz CT molecular complexity index is 1420. The zero-order chi connectivity index (χ0) is 25.7. The minimum absolute atomic E-state index is 0.0228. The van der Waals surface area contributed by atoms with Gasteiger partial charge in [-0.3, -0.25) is 10.1 Å². The van der Waals surface area contributed by atoms with Gasteiger partial charge in [0.05, 0.1) is 37.5 Å². The van der Waals surface area contributed by atoms with Gasteiger partial charge in [-0.05, 0) is 23.8 Å². The van der Waals surface area contributed by atoms with Crippen LogP contribution in [0.1, 0.15) is 5.56 Å². The van der Waals surface area contributed by atoms with Gasteiger partial charge in [0, 0.05) is 17.5 Å². The van der Waals surface area contributed by atoms with Crippen molar-refractivity contribution in [3.63, 3.8) is 0 Å². The van der Waals surface area contributed by atoms with Crippen LogP contribution in [0.25, 0.3) is 10.9 Å². The van der Waals surface area contributed by atoms with Gasteiger partial charge in [0.2, 0.25) is 5.91 Å². The summed E-state index contributed by atoms with van der Waals surface area (Å²) in [6, 6.07) is 15.6. The Kier molecular flexibility index (Phi) is 7.50. The number of fused-ring (bicyclic) bond motifs is 1. The molecule has 0 unspecified atom stereocenters. The Labute approximate surface area is 211 Å². The third-order valence-corrected chi connectivity index (χ3v) is 5.65. The highest BCUT2D eigenvalue weighted by molar-refractivity contribution is 7.82. The number of nitrogens with one attached hydrogen (secondary N) is 2. The minimum Gasteiger partial charge on any atom is -0.493 e. The number of thiol groups is 1. The van der Waals surface area contributed by atoms with Gasteiger partial charge in [-0.2, -0.15) is 0 Å². The molecule has 184 valence electrons. The molecule has 0 saturated carbocycles. The fraction of sp³-hybridized carbons (Fsp3) is 0.120. The van der Waals surface area contributed by atoms with Crippen LogP contribution < -0.4 is 24.4 Å². The van der Waals surface area contributed by atoms with Crippen LogP contribution in [0.15, 0.2) is 67.0 Å². The highest BCUT2D eigenvalue weighted by Crippen LogP contribution is 2.35. The maximum absolute atomic E-state index is 15.0. The van der Waals surface area contributed by atoms with Crippen LogP contribution in [0, 0.1) is 5.82 Å². The van der Waals surface area contributed by atoms with E-state index in [-0.39, 0.29) is 17.8 Å². The van der Waals surface area contributed by atoms with Crippen LogP contribution in [0.5, 0.6) is 11.5 Å². The molecule has 0 spiro atoms. The first-order valence-corrected chi connectivity index (χ1v) is 11.1. The fourth-order valence-corrected chi connectivity index (χ4v) is 3.64. The van der Waals surface area contributed by atoms with Gasteiger partial charge in [-0.25, -0.2) is 23.5 Å². The number of amides is 3. The highest BCUT2D eigenvalue weighted by atomic mass is 32.1. The Morgan fingerprint density at radius 1 is 1.00 bits per heavy atom. The lowest BCUT2D eigenvalue weighted by molar-refractivity contribution is -0.119. The number of anilines is 3. The summed E-state index contributed by atoms with van der Waals surface area (Å²) in [6.45, 7) is 0. The van der Waals surface area contributed by atoms with E-state index >= 15 is 0 Å². The second-order valence-electron chi connectivity index (χ2n) is 7.56. The first kappa shape index (κ1) is 24.7. The predicted octanol–water partition coefficient (Wildman–Crippen LogP) is 4.66. The average molecular weight is 508 g/mol. The summed E-state index contributed by atoms with van der Waals surface area (Å²) in [5.74, 6) is 0.144. The Morgan fingerprint density at radius 2 is 1.72 bits per heavy atom. The molecule has 2 N–H and O–H groups in total. The number of imide groups is 1. The maximum atomic E-state index is 15.0. The second kappa shape index (κ2) is 10.9. The van der Waals surface area contributed by atoms with Crippen molar-refractivity contribution >= 4 is 52.8 Å². The average Bonchev–Trinajstić information content (AvgIpc) is 2.89. The summed E-state index contributed by atoms with van der Waals surface area (Å²) in [6.07, 6.45) is 1.37. The van der Waals surface area contributed by atoms with Crippen molar-refractivity contribution in [1.82, 2.24) is 15.3 Å². The zero-order valence-corrected chi connectivity index (χ0v) is 20.3. The number of urea groups is 1. The van der Waals surface area contributed by atoms with E-state index in [2.05, 4.69) is 33.4 Å². The molecule has 9 nitrogen and oxygen atoms in total. The van der Waals surface area contributed by atoms with Gasteiger partial charge < -0.3 is 14.8 Å². The van der Waals surface area contributed by atoms with Gasteiger partial charge >= 0.3 is 6.03 Å². The Balaban J connectivity index is 1.49. The molecule has 4 aromatic rings. The lowest BCUT2D eigenvalue weighted by atomic mass is 10.1. The van der Waals surface area contributed by atoms with E-state index in [4.69, 9.17) is 9.47 Å². The molecule has 0 aliphatic heterocycles. The molecule has 0 saturated heterocycles. The molecule has 0 aliphatic carbocycles. The van der Waals surface area contributed by atoms with E-state index in [1.807, 2.05) is 6.07 Å².